The third-order valence-electron chi connectivity index (χ3n) is 6.07. The van der Waals surface area contributed by atoms with Crippen molar-refractivity contribution >= 4 is 22.5 Å². The number of hydrogen-bond acceptors (Lipinski definition) is 4. The lowest BCUT2D eigenvalue weighted by Crippen LogP contribution is -2.22. The van der Waals surface area contributed by atoms with Crippen molar-refractivity contribution in [3.8, 4) is 11.4 Å². The zero-order chi connectivity index (χ0) is 22.4. The van der Waals surface area contributed by atoms with E-state index in [9.17, 15) is 14.0 Å². The molecule has 0 aliphatic heterocycles. The Balaban J connectivity index is 1.49. The van der Waals surface area contributed by atoms with Gasteiger partial charge in [-0.3, -0.25) is 9.59 Å². The molecule has 5 rings (SSSR count). The fourth-order valence-corrected chi connectivity index (χ4v) is 4.41. The van der Waals surface area contributed by atoms with Crippen LogP contribution in [0.15, 0.2) is 47.4 Å². The number of nitrogens with one attached hydrogen (secondary N) is 3. The molecule has 2 aromatic carbocycles. The van der Waals surface area contributed by atoms with E-state index in [2.05, 4.69) is 20.3 Å². The van der Waals surface area contributed by atoms with Gasteiger partial charge in [-0.1, -0.05) is 6.07 Å². The Kier molecular flexibility index (Phi) is 4.89. The summed E-state index contributed by atoms with van der Waals surface area (Å²) in [5, 5.41) is 3.38. The molecule has 2 aromatic heterocycles. The largest absolute Gasteiger partial charge is 0.381 e. The van der Waals surface area contributed by atoms with Gasteiger partial charge in [0.05, 0.1) is 16.7 Å². The van der Waals surface area contributed by atoms with Gasteiger partial charge in [0, 0.05) is 24.2 Å². The number of rotatable bonds is 5. The minimum Gasteiger partial charge on any atom is -0.381 e. The van der Waals surface area contributed by atoms with Crippen LogP contribution in [-0.4, -0.2) is 26.8 Å². The van der Waals surface area contributed by atoms with Gasteiger partial charge >= 0.3 is 0 Å². The Morgan fingerprint density at radius 2 is 2.00 bits per heavy atom. The Morgan fingerprint density at radius 3 is 2.84 bits per heavy atom. The second-order valence-electron chi connectivity index (χ2n) is 8.45. The van der Waals surface area contributed by atoms with Crippen molar-refractivity contribution in [3.63, 3.8) is 0 Å². The van der Waals surface area contributed by atoms with Crippen molar-refractivity contribution in [1.82, 2.24) is 15.0 Å². The molecule has 0 saturated carbocycles. The van der Waals surface area contributed by atoms with Crippen LogP contribution in [-0.2, 0) is 12.8 Å². The van der Waals surface area contributed by atoms with Crippen LogP contribution in [0.25, 0.3) is 22.4 Å². The number of carbonyl (C=O) groups is 1. The molecule has 1 unspecified atom stereocenters. The summed E-state index contributed by atoms with van der Waals surface area (Å²) in [6, 6.07) is 10.3. The number of anilines is 1. The normalized spacial score (nSPS) is 14.0. The van der Waals surface area contributed by atoms with Gasteiger partial charge in [0.25, 0.3) is 5.56 Å². The van der Waals surface area contributed by atoms with Crippen molar-refractivity contribution < 1.29 is 9.18 Å². The number of imidazole rings is 1. The first-order valence-electron chi connectivity index (χ1n) is 10.7. The molecule has 0 fully saturated rings. The molecule has 0 saturated heterocycles. The van der Waals surface area contributed by atoms with Crippen molar-refractivity contribution in [2.45, 2.75) is 39.2 Å². The molecule has 162 valence electrons. The second-order valence-corrected chi connectivity index (χ2v) is 8.45. The molecule has 2 heterocycles. The monoisotopic (exact) mass is 430 g/mol. The molecule has 7 heteroatoms. The van der Waals surface area contributed by atoms with Crippen LogP contribution in [0, 0.1) is 12.7 Å². The number of Topliss-reactive ketones (excluding diaryl/α,β-unsaturated/α-hetero) is 1. The van der Waals surface area contributed by atoms with E-state index >= 15 is 0 Å². The quantitative estimate of drug-likeness (QED) is 0.434. The number of benzene rings is 2. The van der Waals surface area contributed by atoms with Gasteiger partial charge in [0.1, 0.15) is 17.2 Å². The predicted molar refractivity (Wildman–Crippen MR) is 123 cm³/mol. The van der Waals surface area contributed by atoms with Crippen molar-refractivity contribution in [1.29, 1.82) is 0 Å². The SMILES string of the molecule is Cc1ccc(F)cc1CC(C)Nc1cc[nH]c(=O)c1-c1nc2cc3c(cc2[nH]1)CCC3=O. The molecule has 0 bridgehead atoms. The second kappa shape index (κ2) is 7.75. The standard InChI is InChI=1S/C25H23FN4O2/c1-13-3-5-17(26)10-16(13)9-14(2)28-19-7-8-27-25(32)23(19)24-29-20-11-15-4-6-22(31)18(15)12-21(20)30-24/h3,5,7-8,10-12,14H,4,6,9H2,1-2H3,(H,29,30)(H2,27,28,32). The van der Waals surface area contributed by atoms with E-state index < -0.39 is 0 Å². The van der Waals surface area contributed by atoms with Gasteiger partial charge < -0.3 is 15.3 Å². The first-order chi connectivity index (χ1) is 15.4. The van der Waals surface area contributed by atoms with Gasteiger partial charge in [-0.05, 0) is 73.7 Å². The highest BCUT2D eigenvalue weighted by atomic mass is 19.1. The maximum absolute atomic E-state index is 13.7. The molecule has 4 aromatic rings. The third kappa shape index (κ3) is 3.60. The number of aromatic nitrogens is 3. The Morgan fingerprint density at radius 1 is 1.16 bits per heavy atom. The fraction of sp³-hybridized carbons (Fsp3) is 0.240. The van der Waals surface area contributed by atoms with Gasteiger partial charge in [0.2, 0.25) is 0 Å². The Hall–Kier alpha value is -3.74. The summed E-state index contributed by atoms with van der Waals surface area (Å²) in [4.78, 5) is 35.4. The predicted octanol–water partition coefficient (Wildman–Crippen LogP) is 4.54. The molecule has 1 aliphatic rings. The molecular weight excluding hydrogens is 407 g/mol. The molecule has 6 nitrogen and oxygen atoms in total. The first-order valence-corrected chi connectivity index (χ1v) is 10.7. The van der Waals surface area contributed by atoms with Crippen LogP contribution >= 0.6 is 0 Å². The highest BCUT2D eigenvalue weighted by molar-refractivity contribution is 6.03. The highest BCUT2D eigenvalue weighted by Crippen LogP contribution is 2.30. The van der Waals surface area contributed by atoms with Gasteiger partial charge in [-0.25, -0.2) is 9.37 Å². The maximum atomic E-state index is 13.7. The summed E-state index contributed by atoms with van der Waals surface area (Å²) >= 11 is 0. The number of nitrogens with zero attached hydrogens (tertiary/aromatic N) is 1. The molecular formula is C25H23FN4O2. The van der Waals surface area contributed by atoms with E-state index in [4.69, 9.17) is 0 Å². The summed E-state index contributed by atoms with van der Waals surface area (Å²) in [5.74, 6) is 0.310. The Bertz CT molecular complexity index is 1420. The lowest BCUT2D eigenvalue weighted by atomic mass is 10.0. The molecule has 1 atom stereocenters. The van der Waals surface area contributed by atoms with Crippen molar-refractivity contribution in [2.24, 2.45) is 0 Å². The van der Waals surface area contributed by atoms with E-state index in [1.54, 1.807) is 30.5 Å². The number of aromatic amines is 2. The average Bonchev–Trinajstić information content (AvgIpc) is 3.32. The molecule has 3 N–H and O–H groups in total. The molecule has 0 amide bonds. The summed E-state index contributed by atoms with van der Waals surface area (Å²) in [5.41, 5.74) is 5.89. The van der Waals surface area contributed by atoms with Crippen LogP contribution in [0.4, 0.5) is 10.1 Å². The minimum absolute atomic E-state index is 0.0538. The van der Waals surface area contributed by atoms with Crippen LogP contribution in [0.5, 0.6) is 0 Å². The van der Waals surface area contributed by atoms with Crippen molar-refractivity contribution in [2.75, 3.05) is 5.32 Å². The fourth-order valence-electron chi connectivity index (χ4n) is 4.41. The lowest BCUT2D eigenvalue weighted by molar-refractivity contribution is 0.0994. The van der Waals surface area contributed by atoms with E-state index in [-0.39, 0.29) is 23.2 Å². The summed E-state index contributed by atoms with van der Waals surface area (Å²) < 4.78 is 13.7. The maximum Gasteiger partial charge on any atom is 0.261 e. The number of pyridine rings is 1. The molecule has 0 spiro atoms. The van der Waals surface area contributed by atoms with E-state index in [1.807, 2.05) is 19.9 Å². The van der Waals surface area contributed by atoms with E-state index in [0.717, 1.165) is 34.2 Å². The number of fused-ring (bicyclic) bond motifs is 2. The van der Waals surface area contributed by atoms with Crippen LogP contribution in [0.3, 0.4) is 0 Å². The zero-order valence-corrected chi connectivity index (χ0v) is 17.9. The van der Waals surface area contributed by atoms with Gasteiger partial charge in [-0.2, -0.15) is 0 Å². The van der Waals surface area contributed by atoms with Gasteiger partial charge in [0.15, 0.2) is 5.78 Å². The summed E-state index contributed by atoms with van der Waals surface area (Å²) in [6.45, 7) is 3.95. The van der Waals surface area contributed by atoms with Crippen LogP contribution in [0.2, 0.25) is 0 Å². The number of H-pyrrole nitrogens is 2. The van der Waals surface area contributed by atoms with Crippen LogP contribution in [0.1, 0.15) is 40.4 Å². The molecule has 32 heavy (non-hydrogen) atoms. The lowest BCUT2D eigenvalue weighted by Gasteiger charge is -2.18. The minimum atomic E-state index is -0.271. The number of carbonyl (C=O) groups excluding carboxylic acids is 1. The molecule has 0 radical (unpaired) electrons. The van der Waals surface area contributed by atoms with Crippen LogP contribution < -0.4 is 10.9 Å². The number of ketones is 1. The highest BCUT2D eigenvalue weighted by Gasteiger charge is 2.22. The third-order valence-corrected chi connectivity index (χ3v) is 6.07. The smallest absolute Gasteiger partial charge is 0.261 e. The van der Waals surface area contributed by atoms with Crippen molar-refractivity contribution in [3.05, 3.63) is 81.0 Å². The summed E-state index contributed by atoms with van der Waals surface area (Å²) in [6.07, 6.45) is 3.45. The number of hydrogen-bond donors (Lipinski definition) is 3. The number of aryl methyl sites for hydroxylation is 2. The van der Waals surface area contributed by atoms with E-state index in [0.29, 0.717) is 35.4 Å². The molecule has 1 aliphatic carbocycles. The Labute approximate surface area is 183 Å². The number of halogens is 1. The first kappa shape index (κ1) is 20.2. The van der Waals surface area contributed by atoms with Gasteiger partial charge in [-0.15, -0.1) is 0 Å². The zero-order valence-electron chi connectivity index (χ0n) is 17.9. The van der Waals surface area contributed by atoms with E-state index in [1.165, 1.54) is 6.07 Å². The average molecular weight is 430 g/mol. The summed E-state index contributed by atoms with van der Waals surface area (Å²) in [7, 11) is 0. The topological polar surface area (TPSA) is 90.6 Å².